The second-order valence-corrected chi connectivity index (χ2v) is 5.35. The number of hydrogen-bond acceptors (Lipinski definition) is 3. The van der Waals surface area contributed by atoms with E-state index in [4.69, 9.17) is 0 Å². The van der Waals surface area contributed by atoms with Crippen LogP contribution in [0.2, 0.25) is 0 Å². The number of likely N-dealkylation sites (N-methyl/N-ethyl adjacent to an activating group) is 1. The molecule has 1 aromatic rings. The van der Waals surface area contributed by atoms with E-state index in [0.717, 1.165) is 13.0 Å². The van der Waals surface area contributed by atoms with Crippen LogP contribution in [0, 0.1) is 0 Å². The van der Waals surface area contributed by atoms with Crippen LogP contribution in [0.15, 0.2) is 11.4 Å². The van der Waals surface area contributed by atoms with Gasteiger partial charge in [0.25, 0.3) is 0 Å². The number of nitrogens with zero attached hydrogens (tertiary/aromatic N) is 1. The van der Waals surface area contributed by atoms with E-state index < -0.39 is 0 Å². The van der Waals surface area contributed by atoms with Crippen molar-refractivity contribution < 1.29 is 0 Å². The first kappa shape index (κ1) is 11.1. The highest BCUT2D eigenvalue weighted by molar-refractivity contribution is 7.10. The van der Waals surface area contributed by atoms with E-state index in [-0.39, 0.29) is 0 Å². The lowest BCUT2D eigenvalue weighted by Crippen LogP contribution is -2.30. The Kier molecular flexibility index (Phi) is 3.78. The molecule has 1 atom stereocenters. The van der Waals surface area contributed by atoms with Crippen molar-refractivity contribution in [2.45, 2.75) is 32.4 Å². The Labute approximate surface area is 96.3 Å². The fraction of sp³-hybridized carbons (Fsp3) is 0.667. The topological polar surface area (TPSA) is 15.3 Å². The van der Waals surface area contributed by atoms with Gasteiger partial charge in [0.2, 0.25) is 0 Å². The first-order valence-electron chi connectivity index (χ1n) is 5.76. The third-order valence-corrected chi connectivity index (χ3v) is 4.12. The van der Waals surface area contributed by atoms with Crippen LogP contribution >= 0.6 is 11.3 Å². The standard InChI is InChI=1S/C12H20N2S/c1-3-10-5-7-15-12(10)8-13-11-4-6-14(2)9-11/h5,7,11,13H,3-4,6,8-9H2,1-2H3. The Bertz CT molecular complexity index is 308. The van der Waals surface area contributed by atoms with Gasteiger partial charge in [-0.1, -0.05) is 6.92 Å². The van der Waals surface area contributed by atoms with Crippen molar-refractivity contribution in [3.8, 4) is 0 Å². The van der Waals surface area contributed by atoms with Crippen LogP contribution in [0.1, 0.15) is 23.8 Å². The molecule has 0 bridgehead atoms. The van der Waals surface area contributed by atoms with Gasteiger partial charge in [-0.3, -0.25) is 0 Å². The van der Waals surface area contributed by atoms with E-state index in [1.54, 1.807) is 0 Å². The number of nitrogens with one attached hydrogen (secondary N) is 1. The van der Waals surface area contributed by atoms with Gasteiger partial charge in [0.05, 0.1) is 0 Å². The third-order valence-electron chi connectivity index (χ3n) is 3.16. The van der Waals surface area contributed by atoms with E-state index in [1.165, 1.54) is 30.0 Å². The summed E-state index contributed by atoms with van der Waals surface area (Å²) in [5.41, 5.74) is 1.51. The lowest BCUT2D eigenvalue weighted by molar-refractivity contribution is 0.398. The first-order chi connectivity index (χ1) is 7.29. The zero-order chi connectivity index (χ0) is 10.7. The van der Waals surface area contributed by atoms with Gasteiger partial charge in [0.1, 0.15) is 0 Å². The minimum absolute atomic E-state index is 0.696. The largest absolute Gasteiger partial charge is 0.308 e. The van der Waals surface area contributed by atoms with Gasteiger partial charge >= 0.3 is 0 Å². The molecule has 1 saturated heterocycles. The lowest BCUT2D eigenvalue weighted by Gasteiger charge is -2.12. The molecule has 1 N–H and O–H groups in total. The monoisotopic (exact) mass is 224 g/mol. The van der Waals surface area contributed by atoms with Crippen LogP contribution in [-0.2, 0) is 13.0 Å². The molecule has 1 unspecified atom stereocenters. The molecule has 2 heterocycles. The van der Waals surface area contributed by atoms with Crippen molar-refractivity contribution in [2.24, 2.45) is 0 Å². The summed E-state index contributed by atoms with van der Waals surface area (Å²) in [5, 5.41) is 5.86. The van der Waals surface area contributed by atoms with Crippen molar-refractivity contribution in [1.82, 2.24) is 10.2 Å². The lowest BCUT2D eigenvalue weighted by atomic mass is 10.2. The summed E-state index contributed by atoms with van der Waals surface area (Å²) in [6.07, 6.45) is 2.45. The molecule has 0 saturated carbocycles. The average Bonchev–Trinajstić information content (AvgIpc) is 2.83. The molecule has 3 heteroatoms. The summed E-state index contributed by atoms with van der Waals surface area (Å²) in [4.78, 5) is 3.92. The molecular formula is C12H20N2S. The molecule has 0 radical (unpaired) electrons. The zero-order valence-electron chi connectivity index (χ0n) is 9.62. The normalized spacial score (nSPS) is 22.4. The van der Waals surface area contributed by atoms with Crippen molar-refractivity contribution in [2.75, 3.05) is 20.1 Å². The maximum Gasteiger partial charge on any atom is 0.0305 e. The fourth-order valence-corrected chi connectivity index (χ4v) is 3.10. The van der Waals surface area contributed by atoms with Crippen LogP contribution in [0.25, 0.3) is 0 Å². The third kappa shape index (κ3) is 2.80. The van der Waals surface area contributed by atoms with Crippen molar-refractivity contribution in [1.29, 1.82) is 0 Å². The quantitative estimate of drug-likeness (QED) is 0.842. The number of thiophene rings is 1. The van der Waals surface area contributed by atoms with E-state index in [2.05, 4.69) is 35.6 Å². The number of likely N-dealkylation sites (tertiary alicyclic amines) is 1. The van der Waals surface area contributed by atoms with Gasteiger partial charge in [-0.05, 0) is 43.4 Å². The highest BCUT2D eigenvalue weighted by Crippen LogP contribution is 2.17. The Morgan fingerprint density at radius 3 is 3.13 bits per heavy atom. The minimum atomic E-state index is 0.696. The smallest absolute Gasteiger partial charge is 0.0305 e. The van der Waals surface area contributed by atoms with Crippen LogP contribution in [0.3, 0.4) is 0 Å². The molecule has 1 aromatic heterocycles. The predicted octanol–water partition coefficient (Wildman–Crippen LogP) is 2.10. The molecule has 0 spiro atoms. The van der Waals surface area contributed by atoms with Crippen molar-refractivity contribution >= 4 is 11.3 Å². The van der Waals surface area contributed by atoms with Crippen LogP contribution in [0.4, 0.5) is 0 Å². The summed E-state index contributed by atoms with van der Waals surface area (Å²) in [7, 11) is 2.20. The molecule has 1 aliphatic rings. The summed E-state index contributed by atoms with van der Waals surface area (Å²) < 4.78 is 0. The van der Waals surface area contributed by atoms with Gasteiger partial charge in [0.15, 0.2) is 0 Å². The van der Waals surface area contributed by atoms with Gasteiger partial charge in [0, 0.05) is 24.0 Å². The minimum Gasteiger partial charge on any atom is -0.308 e. The first-order valence-corrected chi connectivity index (χ1v) is 6.64. The van der Waals surface area contributed by atoms with E-state index in [1.807, 2.05) is 11.3 Å². The van der Waals surface area contributed by atoms with Crippen LogP contribution in [0.5, 0.6) is 0 Å². The second kappa shape index (κ2) is 5.10. The average molecular weight is 224 g/mol. The zero-order valence-corrected chi connectivity index (χ0v) is 10.4. The summed E-state index contributed by atoms with van der Waals surface area (Å²) >= 11 is 1.88. The Hall–Kier alpha value is -0.380. The molecule has 15 heavy (non-hydrogen) atoms. The Morgan fingerprint density at radius 2 is 2.47 bits per heavy atom. The van der Waals surface area contributed by atoms with E-state index in [0.29, 0.717) is 6.04 Å². The number of rotatable bonds is 4. The Balaban J connectivity index is 1.83. The highest BCUT2D eigenvalue weighted by atomic mass is 32.1. The maximum absolute atomic E-state index is 3.66. The second-order valence-electron chi connectivity index (χ2n) is 4.35. The van der Waals surface area contributed by atoms with Crippen LogP contribution in [-0.4, -0.2) is 31.1 Å². The van der Waals surface area contributed by atoms with E-state index >= 15 is 0 Å². The molecule has 84 valence electrons. The molecule has 0 aromatic carbocycles. The van der Waals surface area contributed by atoms with Crippen LogP contribution < -0.4 is 5.32 Å². The molecular weight excluding hydrogens is 204 g/mol. The van der Waals surface area contributed by atoms with Gasteiger partial charge in [-0.25, -0.2) is 0 Å². The van der Waals surface area contributed by atoms with Gasteiger partial charge in [-0.2, -0.15) is 0 Å². The van der Waals surface area contributed by atoms with Gasteiger partial charge < -0.3 is 10.2 Å². The maximum atomic E-state index is 3.66. The highest BCUT2D eigenvalue weighted by Gasteiger charge is 2.18. The fourth-order valence-electron chi connectivity index (χ4n) is 2.18. The van der Waals surface area contributed by atoms with Crippen molar-refractivity contribution in [3.05, 3.63) is 21.9 Å². The predicted molar refractivity (Wildman–Crippen MR) is 66.4 cm³/mol. The van der Waals surface area contributed by atoms with Crippen molar-refractivity contribution in [3.63, 3.8) is 0 Å². The molecule has 0 amide bonds. The molecule has 2 rings (SSSR count). The SMILES string of the molecule is CCc1ccsc1CNC1CCN(C)C1. The summed E-state index contributed by atoms with van der Waals surface area (Å²) in [5.74, 6) is 0. The molecule has 2 nitrogen and oxygen atoms in total. The Morgan fingerprint density at radius 1 is 1.60 bits per heavy atom. The number of hydrogen-bond donors (Lipinski definition) is 1. The summed E-state index contributed by atoms with van der Waals surface area (Å²) in [6, 6.07) is 2.95. The van der Waals surface area contributed by atoms with E-state index in [9.17, 15) is 0 Å². The molecule has 1 aliphatic heterocycles. The summed E-state index contributed by atoms with van der Waals surface area (Å²) in [6.45, 7) is 5.73. The molecule has 0 aliphatic carbocycles. The van der Waals surface area contributed by atoms with Gasteiger partial charge in [-0.15, -0.1) is 11.3 Å². The molecule has 1 fully saturated rings. The number of aryl methyl sites for hydroxylation is 1.